The van der Waals surface area contributed by atoms with Crippen LogP contribution in [0.5, 0.6) is 5.75 Å². The molecule has 5 heteroatoms. The molecule has 1 aromatic heterocycles. The van der Waals surface area contributed by atoms with E-state index in [1.165, 1.54) is 9.75 Å². The molecule has 0 bridgehead atoms. The largest absolute Gasteiger partial charge is 0.493 e. The van der Waals surface area contributed by atoms with Crippen molar-refractivity contribution >= 4 is 17.2 Å². The number of nitrogens with one attached hydrogen (secondary N) is 1. The first-order chi connectivity index (χ1) is 8.19. The van der Waals surface area contributed by atoms with Crippen molar-refractivity contribution in [3.63, 3.8) is 0 Å². The second-order valence-corrected chi connectivity index (χ2v) is 5.10. The van der Waals surface area contributed by atoms with E-state index in [0.29, 0.717) is 12.5 Å². The van der Waals surface area contributed by atoms with E-state index in [9.17, 15) is 0 Å². The molecule has 1 aliphatic rings. The third kappa shape index (κ3) is 3.00. The smallest absolute Gasteiger partial charge is 0.221 e. The molecule has 0 unspecified atom stereocenters. The van der Waals surface area contributed by atoms with Crippen LogP contribution in [-0.4, -0.2) is 12.4 Å². The molecule has 0 fully saturated rings. The highest BCUT2D eigenvalue weighted by Gasteiger charge is 2.13. The van der Waals surface area contributed by atoms with E-state index in [1.807, 2.05) is 6.92 Å². The fraction of sp³-hybridized carbons (Fsp3) is 0.417. The number of ether oxygens (including phenoxy) is 1. The highest BCUT2D eigenvalue weighted by Crippen LogP contribution is 2.30. The van der Waals surface area contributed by atoms with E-state index < -0.39 is 0 Å². The number of hydrogen-bond donors (Lipinski definition) is 1. The van der Waals surface area contributed by atoms with Gasteiger partial charge in [0.2, 0.25) is 5.88 Å². The standard InChI is InChI=1S/C12H16N2O2S/c1-4-15-10-7-8(2)17-11(10)5-6-12-13-9(3)16-14-12/h7H,3-6H2,1-2H3,(H,13,14). The molecule has 0 aliphatic carbocycles. The minimum absolute atomic E-state index is 0.493. The van der Waals surface area contributed by atoms with E-state index in [0.717, 1.165) is 24.4 Å². The number of oxime groups is 1. The van der Waals surface area contributed by atoms with Gasteiger partial charge in [0.1, 0.15) is 11.6 Å². The zero-order chi connectivity index (χ0) is 12.3. The SMILES string of the molecule is C=C1NC(CCc2sc(C)cc2OCC)=NO1. The summed E-state index contributed by atoms with van der Waals surface area (Å²) in [7, 11) is 0. The van der Waals surface area contributed by atoms with Gasteiger partial charge in [0.25, 0.3) is 0 Å². The first kappa shape index (κ1) is 12.0. The maximum absolute atomic E-state index is 5.60. The topological polar surface area (TPSA) is 42.8 Å². The molecular weight excluding hydrogens is 236 g/mol. The van der Waals surface area contributed by atoms with Gasteiger partial charge >= 0.3 is 0 Å². The molecule has 0 spiro atoms. The van der Waals surface area contributed by atoms with Crippen molar-refractivity contribution < 1.29 is 9.57 Å². The first-order valence-corrected chi connectivity index (χ1v) is 6.42. The number of hydrogen-bond acceptors (Lipinski definition) is 5. The van der Waals surface area contributed by atoms with Crippen molar-refractivity contribution in [1.29, 1.82) is 0 Å². The fourth-order valence-corrected chi connectivity index (χ4v) is 2.63. The van der Waals surface area contributed by atoms with Crippen LogP contribution in [0.3, 0.4) is 0 Å². The van der Waals surface area contributed by atoms with Gasteiger partial charge in [-0.3, -0.25) is 0 Å². The van der Waals surface area contributed by atoms with E-state index in [1.54, 1.807) is 11.3 Å². The molecule has 0 atom stereocenters. The van der Waals surface area contributed by atoms with Crippen LogP contribution < -0.4 is 10.1 Å². The summed E-state index contributed by atoms with van der Waals surface area (Å²) < 4.78 is 5.60. The Morgan fingerprint density at radius 1 is 1.53 bits per heavy atom. The van der Waals surface area contributed by atoms with Gasteiger partial charge < -0.3 is 14.9 Å². The van der Waals surface area contributed by atoms with Crippen molar-refractivity contribution in [1.82, 2.24) is 5.32 Å². The summed E-state index contributed by atoms with van der Waals surface area (Å²) in [6.07, 6.45) is 1.70. The van der Waals surface area contributed by atoms with Crippen LogP contribution >= 0.6 is 11.3 Å². The number of aryl methyl sites for hydroxylation is 2. The lowest BCUT2D eigenvalue weighted by Crippen LogP contribution is -2.16. The Morgan fingerprint density at radius 2 is 2.35 bits per heavy atom. The van der Waals surface area contributed by atoms with Crippen LogP contribution in [0.25, 0.3) is 0 Å². The molecule has 92 valence electrons. The van der Waals surface area contributed by atoms with E-state index in [-0.39, 0.29) is 0 Å². The average molecular weight is 252 g/mol. The molecule has 0 aromatic carbocycles. The molecule has 2 rings (SSSR count). The Morgan fingerprint density at radius 3 is 3.00 bits per heavy atom. The quantitative estimate of drug-likeness (QED) is 0.876. The second-order valence-electron chi connectivity index (χ2n) is 3.75. The Balaban J connectivity index is 1.96. The van der Waals surface area contributed by atoms with Crippen molar-refractivity contribution in [3.05, 3.63) is 28.3 Å². The maximum Gasteiger partial charge on any atom is 0.221 e. The molecule has 17 heavy (non-hydrogen) atoms. The Kier molecular flexibility index (Phi) is 3.68. The highest BCUT2D eigenvalue weighted by molar-refractivity contribution is 7.12. The molecule has 0 radical (unpaired) electrons. The van der Waals surface area contributed by atoms with Crippen LogP contribution in [-0.2, 0) is 11.3 Å². The lowest BCUT2D eigenvalue weighted by Gasteiger charge is -2.04. The summed E-state index contributed by atoms with van der Waals surface area (Å²) >= 11 is 1.77. The summed E-state index contributed by atoms with van der Waals surface area (Å²) in [5.74, 6) is 2.31. The van der Waals surface area contributed by atoms with Crippen molar-refractivity contribution in [2.75, 3.05) is 6.61 Å². The lowest BCUT2D eigenvalue weighted by atomic mass is 10.2. The van der Waals surface area contributed by atoms with Gasteiger partial charge in [-0.1, -0.05) is 5.16 Å². The molecular formula is C12H16N2O2S. The van der Waals surface area contributed by atoms with Gasteiger partial charge in [-0.25, -0.2) is 0 Å². The third-order valence-electron chi connectivity index (χ3n) is 2.33. The summed E-state index contributed by atoms with van der Waals surface area (Å²) in [6.45, 7) is 8.42. The number of nitrogens with zero attached hydrogens (tertiary/aromatic N) is 1. The molecule has 2 heterocycles. The van der Waals surface area contributed by atoms with E-state index >= 15 is 0 Å². The maximum atomic E-state index is 5.60. The number of thiophene rings is 1. The molecule has 1 aliphatic heterocycles. The molecule has 1 N–H and O–H groups in total. The molecule has 0 saturated heterocycles. The predicted molar refractivity (Wildman–Crippen MR) is 69.3 cm³/mol. The normalized spacial score (nSPS) is 14.2. The fourth-order valence-electron chi connectivity index (χ4n) is 1.65. The number of amidine groups is 1. The highest BCUT2D eigenvalue weighted by atomic mass is 32.1. The van der Waals surface area contributed by atoms with Crippen LogP contribution in [0, 0.1) is 6.92 Å². The molecule has 0 amide bonds. The van der Waals surface area contributed by atoms with Gasteiger partial charge in [-0.15, -0.1) is 11.3 Å². The summed E-state index contributed by atoms with van der Waals surface area (Å²) in [4.78, 5) is 7.42. The summed E-state index contributed by atoms with van der Waals surface area (Å²) in [5, 5.41) is 6.86. The summed E-state index contributed by atoms with van der Waals surface area (Å²) in [5.41, 5.74) is 0. The number of rotatable bonds is 5. The molecule has 0 saturated carbocycles. The second kappa shape index (κ2) is 5.23. The Bertz CT molecular complexity index is 451. The van der Waals surface area contributed by atoms with Crippen molar-refractivity contribution in [2.45, 2.75) is 26.7 Å². The zero-order valence-corrected chi connectivity index (χ0v) is 10.9. The van der Waals surface area contributed by atoms with E-state index in [4.69, 9.17) is 9.57 Å². The Labute approximate surface area is 105 Å². The molecule has 1 aromatic rings. The van der Waals surface area contributed by atoms with Gasteiger partial charge in [-0.05, 0) is 32.9 Å². The zero-order valence-electron chi connectivity index (χ0n) is 10.1. The van der Waals surface area contributed by atoms with Crippen molar-refractivity contribution in [2.24, 2.45) is 5.16 Å². The first-order valence-electron chi connectivity index (χ1n) is 5.61. The van der Waals surface area contributed by atoms with Gasteiger partial charge in [0.15, 0.2) is 0 Å². The van der Waals surface area contributed by atoms with Crippen LogP contribution in [0.1, 0.15) is 23.1 Å². The van der Waals surface area contributed by atoms with E-state index in [2.05, 4.69) is 30.0 Å². The predicted octanol–water partition coefficient (Wildman–Crippen LogP) is 2.79. The van der Waals surface area contributed by atoms with Crippen molar-refractivity contribution in [3.8, 4) is 5.75 Å². The van der Waals surface area contributed by atoms with Gasteiger partial charge in [0.05, 0.1) is 6.61 Å². The minimum Gasteiger partial charge on any atom is -0.493 e. The van der Waals surface area contributed by atoms with Crippen LogP contribution in [0.2, 0.25) is 0 Å². The average Bonchev–Trinajstić information content (AvgIpc) is 2.83. The third-order valence-corrected chi connectivity index (χ3v) is 3.42. The lowest BCUT2D eigenvalue weighted by molar-refractivity contribution is 0.240. The monoisotopic (exact) mass is 252 g/mol. The summed E-state index contributed by atoms with van der Waals surface area (Å²) in [6, 6.07) is 2.09. The van der Waals surface area contributed by atoms with Gasteiger partial charge in [-0.2, -0.15) is 0 Å². The minimum atomic E-state index is 0.493. The molecule has 4 nitrogen and oxygen atoms in total. The van der Waals surface area contributed by atoms with Crippen LogP contribution in [0.4, 0.5) is 0 Å². The van der Waals surface area contributed by atoms with Crippen LogP contribution in [0.15, 0.2) is 23.7 Å². The Hall–Kier alpha value is -1.49. The van der Waals surface area contributed by atoms with Gasteiger partial charge in [0, 0.05) is 16.2 Å².